The molecule has 1 N–H and O–H groups in total. The Morgan fingerprint density at radius 1 is 1.50 bits per heavy atom. The fraction of sp³-hybridized carbons (Fsp3) is 0.455. The topological polar surface area (TPSA) is 38.7 Å². The fourth-order valence-corrected chi connectivity index (χ4v) is 1.69. The second-order valence-electron chi connectivity index (χ2n) is 3.61. The van der Waals surface area contributed by atoms with Gasteiger partial charge in [-0.2, -0.15) is 0 Å². The molecule has 2 atom stereocenters. The summed E-state index contributed by atoms with van der Waals surface area (Å²) >= 11 is 0. The summed E-state index contributed by atoms with van der Waals surface area (Å²) in [7, 11) is 1.60. The molecule has 1 aromatic carbocycles. The van der Waals surface area contributed by atoms with Crippen LogP contribution in [0.5, 0.6) is 11.5 Å². The van der Waals surface area contributed by atoms with Crippen molar-refractivity contribution in [2.75, 3.05) is 13.7 Å². The first kappa shape index (κ1) is 9.34. The lowest BCUT2D eigenvalue weighted by molar-refractivity contribution is 0.0585. The summed E-state index contributed by atoms with van der Waals surface area (Å²) in [6.07, 6.45) is -0.450. The summed E-state index contributed by atoms with van der Waals surface area (Å²) in [6, 6.07) is 5.57. The highest BCUT2D eigenvalue weighted by molar-refractivity contribution is 5.48. The minimum absolute atomic E-state index is 0.134. The smallest absolute Gasteiger partial charge is 0.166 e. The Hall–Kier alpha value is -1.22. The van der Waals surface area contributed by atoms with E-state index in [2.05, 4.69) is 0 Å². The third-order valence-corrected chi connectivity index (χ3v) is 2.58. The minimum atomic E-state index is -0.450. The standard InChI is InChI=1S/C11H14O3/c1-7-6-14-11-8(10(7)12)4-3-5-9(11)13-2/h3-5,7,10,12H,6H2,1-2H3. The molecule has 1 aliphatic rings. The Balaban J connectivity index is 2.47. The van der Waals surface area contributed by atoms with Crippen molar-refractivity contribution >= 4 is 0 Å². The van der Waals surface area contributed by atoms with E-state index in [-0.39, 0.29) is 5.92 Å². The monoisotopic (exact) mass is 194 g/mol. The van der Waals surface area contributed by atoms with E-state index in [1.165, 1.54) is 0 Å². The predicted octanol–water partition coefficient (Wildman–Crippen LogP) is 1.76. The molecule has 1 heterocycles. The highest BCUT2D eigenvalue weighted by atomic mass is 16.5. The molecular weight excluding hydrogens is 180 g/mol. The van der Waals surface area contributed by atoms with E-state index in [9.17, 15) is 5.11 Å². The second-order valence-corrected chi connectivity index (χ2v) is 3.61. The van der Waals surface area contributed by atoms with Gasteiger partial charge in [-0.05, 0) is 6.07 Å². The van der Waals surface area contributed by atoms with Gasteiger partial charge in [-0.3, -0.25) is 0 Å². The van der Waals surface area contributed by atoms with Crippen LogP contribution in [-0.2, 0) is 0 Å². The summed E-state index contributed by atoms with van der Waals surface area (Å²) in [6.45, 7) is 2.50. The van der Waals surface area contributed by atoms with E-state index >= 15 is 0 Å². The molecule has 1 aliphatic heterocycles. The van der Waals surface area contributed by atoms with Crippen molar-refractivity contribution in [2.24, 2.45) is 5.92 Å². The molecule has 76 valence electrons. The molecule has 0 fully saturated rings. The molecule has 0 bridgehead atoms. The average molecular weight is 194 g/mol. The van der Waals surface area contributed by atoms with Gasteiger partial charge in [0.2, 0.25) is 0 Å². The van der Waals surface area contributed by atoms with E-state index in [0.29, 0.717) is 18.1 Å². The summed E-state index contributed by atoms with van der Waals surface area (Å²) < 4.78 is 10.7. The molecule has 3 nitrogen and oxygen atoms in total. The normalized spacial score (nSPS) is 25.1. The van der Waals surface area contributed by atoms with Crippen LogP contribution in [0, 0.1) is 5.92 Å². The van der Waals surface area contributed by atoms with Crippen molar-refractivity contribution in [2.45, 2.75) is 13.0 Å². The zero-order valence-electron chi connectivity index (χ0n) is 8.36. The number of para-hydroxylation sites is 1. The van der Waals surface area contributed by atoms with Crippen LogP contribution in [0.15, 0.2) is 18.2 Å². The van der Waals surface area contributed by atoms with Crippen LogP contribution < -0.4 is 9.47 Å². The molecule has 0 radical (unpaired) electrons. The molecule has 2 rings (SSSR count). The summed E-state index contributed by atoms with van der Waals surface area (Å²) in [4.78, 5) is 0. The van der Waals surface area contributed by atoms with Gasteiger partial charge in [0.1, 0.15) is 0 Å². The maximum atomic E-state index is 9.91. The lowest BCUT2D eigenvalue weighted by atomic mass is 9.95. The zero-order chi connectivity index (χ0) is 10.1. The number of benzene rings is 1. The Kier molecular flexibility index (Phi) is 2.33. The maximum Gasteiger partial charge on any atom is 0.166 e. The van der Waals surface area contributed by atoms with E-state index < -0.39 is 6.10 Å². The molecule has 3 heteroatoms. The third-order valence-electron chi connectivity index (χ3n) is 2.58. The third kappa shape index (κ3) is 1.34. The van der Waals surface area contributed by atoms with Crippen LogP contribution in [0.1, 0.15) is 18.6 Å². The predicted molar refractivity (Wildman–Crippen MR) is 52.6 cm³/mol. The number of fused-ring (bicyclic) bond motifs is 1. The lowest BCUT2D eigenvalue weighted by Crippen LogP contribution is -2.23. The van der Waals surface area contributed by atoms with Gasteiger partial charge in [0.15, 0.2) is 11.5 Å². The van der Waals surface area contributed by atoms with Crippen molar-refractivity contribution in [1.29, 1.82) is 0 Å². The van der Waals surface area contributed by atoms with Crippen molar-refractivity contribution in [3.05, 3.63) is 23.8 Å². The number of hydrogen-bond donors (Lipinski definition) is 1. The Morgan fingerprint density at radius 2 is 2.29 bits per heavy atom. The molecule has 0 saturated carbocycles. The summed E-state index contributed by atoms with van der Waals surface area (Å²) in [5, 5.41) is 9.91. The van der Waals surface area contributed by atoms with Crippen LogP contribution in [0.2, 0.25) is 0 Å². The first-order valence-corrected chi connectivity index (χ1v) is 4.71. The Bertz CT molecular complexity index is 335. The molecule has 2 unspecified atom stereocenters. The number of hydrogen-bond acceptors (Lipinski definition) is 3. The molecule has 1 aromatic rings. The SMILES string of the molecule is COc1cccc2c1OCC(C)C2O. The van der Waals surface area contributed by atoms with Crippen LogP contribution in [-0.4, -0.2) is 18.8 Å². The lowest BCUT2D eigenvalue weighted by Gasteiger charge is -2.28. The van der Waals surface area contributed by atoms with Crippen molar-refractivity contribution in [3.63, 3.8) is 0 Å². The maximum absolute atomic E-state index is 9.91. The van der Waals surface area contributed by atoms with Crippen LogP contribution >= 0.6 is 0 Å². The van der Waals surface area contributed by atoms with Crippen molar-refractivity contribution in [1.82, 2.24) is 0 Å². The highest BCUT2D eigenvalue weighted by Gasteiger charge is 2.27. The molecule has 14 heavy (non-hydrogen) atoms. The van der Waals surface area contributed by atoms with Gasteiger partial charge in [-0.1, -0.05) is 19.1 Å². The van der Waals surface area contributed by atoms with Gasteiger partial charge >= 0.3 is 0 Å². The zero-order valence-corrected chi connectivity index (χ0v) is 8.36. The minimum Gasteiger partial charge on any atom is -0.493 e. The van der Waals surface area contributed by atoms with Gasteiger partial charge in [0.05, 0.1) is 19.8 Å². The quantitative estimate of drug-likeness (QED) is 0.740. The Morgan fingerprint density at radius 3 is 3.00 bits per heavy atom. The molecule has 0 aliphatic carbocycles. The molecule has 0 spiro atoms. The highest BCUT2D eigenvalue weighted by Crippen LogP contribution is 2.40. The average Bonchev–Trinajstić information content (AvgIpc) is 2.23. The number of ether oxygens (including phenoxy) is 2. The fourth-order valence-electron chi connectivity index (χ4n) is 1.69. The van der Waals surface area contributed by atoms with Crippen LogP contribution in [0.3, 0.4) is 0 Å². The first-order valence-electron chi connectivity index (χ1n) is 4.71. The Labute approximate surface area is 83.3 Å². The van der Waals surface area contributed by atoms with Gasteiger partial charge in [-0.25, -0.2) is 0 Å². The van der Waals surface area contributed by atoms with Crippen molar-refractivity contribution < 1.29 is 14.6 Å². The number of aliphatic hydroxyl groups is 1. The van der Waals surface area contributed by atoms with Crippen LogP contribution in [0.25, 0.3) is 0 Å². The second kappa shape index (κ2) is 3.50. The van der Waals surface area contributed by atoms with E-state index in [4.69, 9.17) is 9.47 Å². The van der Waals surface area contributed by atoms with Crippen LogP contribution in [0.4, 0.5) is 0 Å². The summed E-state index contributed by atoms with van der Waals surface area (Å²) in [5.74, 6) is 1.50. The molecular formula is C11H14O3. The van der Waals surface area contributed by atoms with Gasteiger partial charge in [0.25, 0.3) is 0 Å². The van der Waals surface area contributed by atoms with E-state index in [1.807, 2.05) is 25.1 Å². The van der Waals surface area contributed by atoms with Crippen molar-refractivity contribution in [3.8, 4) is 11.5 Å². The van der Waals surface area contributed by atoms with E-state index in [0.717, 1.165) is 5.56 Å². The molecule has 0 saturated heterocycles. The number of rotatable bonds is 1. The van der Waals surface area contributed by atoms with Gasteiger partial charge in [-0.15, -0.1) is 0 Å². The van der Waals surface area contributed by atoms with Gasteiger partial charge < -0.3 is 14.6 Å². The van der Waals surface area contributed by atoms with Gasteiger partial charge in [0, 0.05) is 11.5 Å². The molecule has 0 amide bonds. The molecule has 0 aromatic heterocycles. The number of methoxy groups -OCH3 is 1. The van der Waals surface area contributed by atoms with E-state index in [1.54, 1.807) is 7.11 Å². The largest absolute Gasteiger partial charge is 0.493 e. The summed E-state index contributed by atoms with van der Waals surface area (Å²) in [5.41, 5.74) is 0.822. The number of aliphatic hydroxyl groups excluding tert-OH is 1. The first-order chi connectivity index (χ1) is 6.74.